The largest absolute Gasteiger partial charge is 0.453 e. The van der Waals surface area contributed by atoms with Crippen LogP contribution in [-0.2, 0) is 4.74 Å². The van der Waals surface area contributed by atoms with Gasteiger partial charge in [-0.3, -0.25) is 4.79 Å². The number of rotatable bonds is 1. The zero-order valence-electron chi connectivity index (χ0n) is 12.1. The average Bonchev–Trinajstić information content (AvgIpc) is 2.92. The molecule has 0 radical (unpaired) electrons. The molecule has 22 heavy (non-hydrogen) atoms. The number of aromatic amines is 2. The molecule has 2 N–H and O–H groups in total. The summed E-state index contributed by atoms with van der Waals surface area (Å²) in [6, 6.07) is 5.04. The molecule has 1 aliphatic rings. The monoisotopic (exact) mass is 304 g/mol. The Kier molecular flexibility index (Phi) is 3.58. The number of H-pyrrole nitrogens is 2. The maximum atomic E-state index is 12.5. The highest BCUT2D eigenvalue weighted by Gasteiger charge is 2.25. The second-order valence-corrected chi connectivity index (χ2v) is 5.09. The Morgan fingerprint density at radius 2 is 1.68 bits per heavy atom. The van der Waals surface area contributed by atoms with Crippen LogP contribution in [0, 0.1) is 0 Å². The van der Waals surface area contributed by atoms with Crippen molar-refractivity contribution in [3.63, 3.8) is 0 Å². The molecule has 0 spiro atoms. The second kappa shape index (κ2) is 5.55. The third-order valence-corrected chi connectivity index (χ3v) is 3.76. The van der Waals surface area contributed by atoms with Crippen molar-refractivity contribution in [2.45, 2.75) is 0 Å². The SMILES string of the molecule is COC(=O)N1CCN(C(=O)c2ccc3[nH]c(=O)[nH]c3c2)CC1. The van der Waals surface area contributed by atoms with Gasteiger partial charge in [-0.25, -0.2) is 9.59 Å². The molecular weight excluding hydrogens is 288 g/mol. The maximum absolute atomic E-state index is 12.5. The molecular formula is C14H16N4O4. The predicted molar refractivity (Wildman–Crippen MR) is 78.8 cm³/mol. The number of fused-ring (bicyclic) bond motifs is 1. The van der Waals surface area contributed by atoms with Crippen molar-refractivity contribution in [3.8, 4) is 0 Å². The van der Waals surface area contributed by atoms with Crippen molar-refractivity contribution in [2.24, 2.45) is 0 Å². The fourth-order valence-electron chi connectivity index (χ4n) is 2.57. The number of carbonyl (C=O) groups is 2. The first-order valence-electron chi connectivity index (χ1n) is 6.92. The fourth-order valence-corrected chi connectivity index (χ4v) is 2.57. The zero-order chi connectivity index (χ0) is 15.7. The Hall–Kier alpha value is -2.77. The van der Waals surface area contributed by atoms with Crippen LogP contribution >= 0.6 is 0 Å². The van der Waals surface area contributed by atoms with Gasteiger partial charge in [-0.15, -0.1) is 0 Å². The molecule has 0 aliphatic carbocycles. The molecule has 2 heterocycles. The van der Waals surface area contributed by atoms with Gasteiger partial charge in [-0.05, 0) is 18.2 Å². The molecule has 1 aromatic heterocycles. The Morgan fingerprint density at radius 3 is 2.36 bits per heavy atom. The minimum atomic E-state index is -0.376. The van der Waals surface area contributed by atoms with Crippen LogP contribution in [-0.4, -0.2) is 65.1 Å². The second-order valence-electron chi connectivity index (χ2n) is 5.09. The van der Waals surface area contributed by atoms with E-state index in [1.165, 1.54) is 7.11 Å². The van der Waals surface area contributed by atoms with Crippen molar-refractivity contribution >= 4 is 23.0 Å². The molecule has 0 saturated carbocycles. The summed E-state index contributed by atoms with van der Waals surface area (Å²) in [5.41, 5.74) is 1.47. The van der Waals surface area contributed by atoms with Crippen molar-refractivity contribution in [1.82, 2.24) is 19.8 Å². The zero-order valence-corrected chi connectivity index (χ0v) is 12.1. The summed E-state index contributed by atoms with van der Waals surface area (Å²) in [6.45, 7) is 1.80. The first kappa shape index (κ1) is 14.2. The molecule has 0 unspecified atom stereocenters. The van der Waals surface area contributed by atoms with Crippen LogP contribution in [0.5, 0.6) is 0 Å². The Balaban J connectivity index is 1.73. The molecule has 1 aromatic carbocycles. The van der Waals surface area contributed by atoms with E-state index in [1.807, 2.05) is 0 Å². The molecule has 116 valence electrons. The van der Waals surface area contributed by atoms with Gasteiger partial charge in [0.15, 0.2) is 0 Å². The number of nitrogens with one attached hydrogen (secondary N) is 2. The lowest BCUT2D eigenvalue weighted by atomic mass is 10.1. The average molecular weight is 304 g/mol. The number of aromatic nitrogens is 2. The van der Waals surface area contributed by atoms with E-state index in [1.54, 1.807) is 28.0 Å². The van der Waals surface area contributed by atoms with Gasteiger partial charge in [0.05, 0.1) is 18.1 Å². The van der Waals surface area contributed by atoms with Crippen molar-refractivity contribution in [1.29, 1.82) is 0 Å². The number of nitrogens with zero attached hydrogens (tertiary/aromatic N) is 2. The number of carbonyl (C=O) groups excluding carboxylic acids is 2. The maximum Gasteiger partial charge on any atom is 0.409 e. The topological polar surface area (TPSA) is 98.5 Å². The number of hydrogen-bond acceptors (Lipinski definition) is 4. The molecule has 8 nitrogen and oxygen atoms in total. The number of imidazole rings is 1. The first-order valence-corrected chi connectivity index (χ1v) is 6.92. The van der Waals surface area contributed by atoms with Crippen molar-refractivity contribution in [2.75, 3.05) is 33.3 Å². The normalized spacial score (nSPS) is 15.1. The van der Waals surface area contributed by atoms with E-state index in [2.05, 4.69) is 14.7 Å². The number of amides is 2. The van der Waals surface area contributed by atoms with Gasteiger partial charge in [0, 0.05) is 31.7 Å². The van der Waals surface area contributed by atoms with Gasteiger partial charge in [-0.1, -0.05) is 0 Å². The van der Waals surface area contributed by atoms with Crippen LogP contribution in [0.4, 0.5) is 4.79 Å². The Bertz CT molecular complexity index is 770. The summed E-state index contributed by atoms with van der Waals surface area (Å²) in [5, 5.41) is 0. The molecule has 1 fully saturated rings. The fraction of sp³-hybridized carbons (Fsp3) is 0.357. The summed E-state index contributed by atoms with van der Waals surface area (Å²) in [6.07, 6.45) is -0.376. The summed E-state index contributed by atoms with van der Waals surface area (Å²) in [5.74, 6) is -0.117. The summed E-state index contributed by atoms with van der Waals surface area (Å²) >= 11 is 0. The van der Waals surface area contributed by atoms with Gasteiger partial charge in [-0.2, -0.15) is 0 Å². The van der Waals surface area contributed by atoms with E-state index < -0.39 is 0 Å². The number of ether oxygens (including phenoxy) is 1. The van der Waals surface area contributed by atoms with Crippen LogP contribution in [0.2, 0.25) is 0 Å². The van der Waals surface area contributed by atoms with Crippen LogP contribution in [0.3, 0.4) is 0 Å². The van der Waals surface area contributed by atoms with Gasteiger partial charge in [0.25, 0.3) is 5.91 Å². The summed E-state index contributed by atoms with van der Waals surface area (Å²) in [4.78, 5) is 43.7. The number of piperazine rings is 1. The van der Waals surface area contributed by atoms with E-state index in [-0.39, 0.29) is 17.7 Å². The highest BCUT2D eigenvalue weighted by atomic mass is 16.5. The van der Waals surface area contributed by atoms with E-state index in [0.29, 0.717) is 42.8 Å². The minimum absolute atomic E-state index is 0.117. The van der Waals surface area contributed by atoms with Crippen LogP contribution in [0.1, 0.15) is 10.4 Å². The smallest absolute Gasteiger partial charge is 0.409 e. The third kappa shape index (κ3) is 2.54. The number of hydrogen-bond donors (Lipinski definition) is 2. The molecule has 2 amide bonds. The molecule has 2 aromatic rings. The standard InChI is InChI=1S/C14H16N4O4/c1-22-14(21)18-6-4-17(5-7-18)12(19)9-2-3-10-11(8-9)16-13(20)15-10/h2-3,8H,4-7H2,1H3,(H2,15,16,20). The third-order valence-electron chi connectivity index (χ3n) is 3.76. The van der Waals surface area contributed by atoms with Crippen LogP contribution in [0.25, 0.3) is 11.0 Å². The molecule has 1 saturated heterocycles. The van der Waals surface area contributed by atoms with Gasteiger partial charge >= 0.3 is 11.8 Å². The Labute approximate surface area is 125 Å². The number of benzene rings is 1. The molecule has 8 heteroatoms. The summed E-state index contributed by atoms with van der Waals surface area (Å²) < 4.78 is 4.67. The number of methoxy groups -OCH3 is 1. The molecule has 1 aliphatic heterocycles. The lowest BCUT2D eigenvalue weighted by Crippen LogP contribution is -2.50. The molecule has 0 atom stereocenters. The molecule has 3 rings (SSSR count). The van der Waals surface area contributed by atoms with Gasteiger partial charge in [0.2, 0.25) is 0 Å². The quantitative estimate of drug-likeness (QED) is 0.795. The van der Waals surface area contributed by atoms with Crippen LogP contribution < -0.4 is 5.69 Å². The summed E-state index contributed by atoms with van der Waals surface area (Å²) in [7, 11) is 1.34. The van der Waals surface area contributed by atoms with E-state index in [4.69, 9.17) is 0 Å². The molecule has 0 bridgehead atoms. The Morgan fingerprint density at radius 1 is 1.05 bits per heavy atom. The minimum Gasteiger partial charge on any atom is -0.453 e. The van der Waals surface area contributed by atoms with Crippen molar-refractivity contribution < 1.29 is 14.3 Å². The highest BCUT2D eigenvalue weighted by Crippen LogP contribution is 2.14. The van der Waals surface area contributed by atoms with E-state index in [9.17, 15) is 14.4 Å². The lowest BCUT2D eigenvalue weighted by Gasteiger charge is -2.33. The van der Waals surface area contributed by atoms with E-state index in [0.717, 1.165) is 0 Å². The first-order chi connectivity index (χ1) is 10.6. The van der Waals surface area contributed by atoms with Gasteiger partial charge < -0.3 is 24.5 Å². The predicted octanol–water partition coefficient (Wildman–Crippen LogP) is 0.380. The highest BCUT2D eigenvalue weighted by molar-refractivity contribution is 5.97. The van der Waals surface area contributed by atoms with Crippen molar-refractivity contribution in [3.05, 3.63) is 34.2 Å². The van der Waals surface area contributed by atoms with E-state index >= 15 is 0 Å². The van der Waals surface area contributed by atoms with Crippen LogP contribution in [0.15, 0.2) is 23.0 Å². The lowest BCUT2D eigenvalue weighted by molar-refractivity contribution is 0.0600. The van der Waals surface area contributed by atoms with Gasteiger partial charge in [0.1, 0.15) is 0 Å².